The molecule has 0 atom stereocenters. The standard InChI is InChI=1S/C7H12N2/c1-6(2)9-5-3-4-7(9)8/h3-6H,8H2,1-2H3. The zero-order chi connectivity index (χ0) is 6.85. The smallest absolute Gasteiger partial charge is 0.103 e. The highest BCUT2D eigenvalue weighted by Gasteiger charge is 1.97. The van der Waals surface area contributed by atoms with Gasteiger partial charge >= 0.3 is 0 Å². The molecule has 9 heavy (non-hydrogen) atoms. The summed E-state index contributed by atoms with van der Waals surface area (Å²) in [5.41, 5.74) is 5.60. The third-order valence-corrected chi connectivity index (χ3v) is 1.37. The van der Waals surface area contributed by atoms with Crippen molar-refractivity contribution < 1.29 is 0 Å². The van der Waals surface area contributed by atoms with Crippen molar-refractivity contribution in [3.63, 3.8) is 0 Å². The molecule has 0 spiro atoms. The fraction of sp³-hybridized carbons (Fsp3) is 0.429. The van der Waals surface area contributed by atoms with E-state index in [2.05, 4.69) is 13.8 Å². The fourth-order valence-corrected chi connectivity index (χ4v) is 0.877. The van der Waals surface area contributed by atoms with Crippen LogP contribution >= 0.6 is 0 Å². The minimum Gasteiger partial charge on any atom is -0.385 e. The quantitative estimate of drug-likeness (QED) is 0.606. The van der Waals surface area contributed by atoms with Crippen molar-refractivity contribution in [3.05, 3.63) is 18.3 Å². The lowest BCUT2D eigenvalue weighted by molar-refractivity contribution is 0.612. The van der Waals surface area contributed by atoms with Gasteiger partial charge in [-0.05, 0) is 26.0 Å². The van der Waals surface area contributed by atoms with Crippen LogP contribution in [0, 0.1) is 0 Å². The number of nitrogens with zero attached hydrogens (tertiary/aromatic N) is 1. The van der Waals surface area contributed by atoms with Crippen LogP contribution in [-0.2, 0) is 0 Å². The monoisotopic (exact) mass is 124 g/mol. The van der Waals surface area contributed by atoms with Gasteiger partial charge in [-0.3, -0.25) is 0 Å². The van der Waals surface area contributed by atoms with E-state index in [1.54, 1.807) is 0 Å². The van der Waals surface area contributed by atoms with Gasteiger partial charge in [0.15, 0.2) is 0 Å². The van der Waals surface area contributed by atoms with E-state index in [1.165, 1.54) is 0 Å². The summed E-state index contributed by atoms with van der Waals surface area (Å²) in [6.07, 6.45) is 1.99. The number of nitrogen functional groups attached to an aromatic ring is 1. The first-order valence-electron chi connectivity index (χ1n) is 3.14. The summed E-state index contributed by atoms with van der Waals surface area (Å²) in [6.45, 7) is 4.22. The molecule has 0 unspecified atom stereocenters. The number of aromatic nitrogens is 1. The van der Waals surface area contributed by atoms with Crippen molar-refractivity contribution in [3.8, 4) is 0 Å². The van der Waals surface area contributed by atoms with Crippen LogP contribution in [0.1, 0.15) is 19.9 Å². The summed E-state index contributed by atoms with van der Waals surface area (Å²) in [5.74, 6) is 0.838. The van der Waals surface area contributed by atoms with Crippen molar-refractivity contribution >= 4 is 5.82 Å². The Bertz CT molecular complexity index is 189. The van der Waals surface area contributed by atoms with E-state index < -0.39 is 0 Å². The average molecular weight is 124 g/mol. The number of rotatable bonds is 1. The second-order valence-corrected chi connectivity index (χ2v) is 2.43. The van der Waals surface area contributed by atoms with E-state index in [0.29, 0.717) is 6.04 Å². The van der Waals surface area contributed by atoms with Gasteiger partial charge in [-0.15, -0.1) is 0 Å². The van der Waals surface area contributed by atoms with E-state index in [4.69, 9.17) is 5.73 Å². The van der Waals surface area contributed by atoms with Gasteiger partial charge in [-0.1, -0.05) is 0 Å². The van der Waals surface area contributed by atoms with Gasteiger partial charge in [0.25, 0.3) is 0 Å². The molecule has 2 nitrogen and oxygen atoms in total. The molecule has 2 heteroatoms. The van der Waals surface area contributed by atoms with Gasteiger partial charge in [0.2, 0.25) is 0 Å². The lowest BCUT2D eigenvalue weighted by Gasteiger charge is -2.08. The van der Waals surface area contributed by atoms with Crippen LogP contribution in [-0.4, -0.2) is 4.57 Å². The number of hydrogen-bond donors (Lipinski definition) is 1. The SMILES string of the molecule is CC(C)n1cccc1N. The van der Waals surface area contributed by atoms with E-state index in [-0.39, 0.29) is 0 Å². The molecule has 0 fully saturated rings. The summed E-state index contributed by atoms with van der Waals surface area (Å²) in [4.78, 5) is 0. The summed E-state index contributed by atoms with van der Waals surface area (Å²) in [7, 11) is 0. The Labute approximate surface area is 55.3 Å². The zero-order valence-electron chi connectivity index (χ0n) is 5.83. The van der Waals surface area contributed by atoms with Gasteiger partial charge in [0.1, 0.15) is 5.82 Å². The van der Waals surface area contributed by atoms with Crippen molar-refractivity contribution in [2.24, 2.45) is 0 Å². The lowest BCUT2D eigenvalue weighted by atomic mass is 10.4. The highest BCUT2D eigenvalue weighted by molar-refractivity contribution is 5.30. The molecule has 2 N–H and O–H groups in total. The third-order valence-electron chi connectivity index (χ3n) is 1.37. The number of hydrogen-bond acceptors (Lipinski definition) is 1. The summed E-state index contributed by atoms with van der Waals surface area (Å²) in [6, 6.07) is 4.33. The molecule has 0 amide bonds. The molecule has 1 aromatic rings. The molecule has 0 aliphatic rings. The van der Waals surface area contributed by atoms with Crippen molar-refractivity contribution in [2.75, 3.05) is 5.73 Å². The van der Waals surface area contributed by atoms with E-state index in [1.807, 2.05) is 22.9 Å². The van der Waals surface area contributed by atoms with E-state index >= 15 is 0 Å². The van der Waals surface area contributed by atoms with Crippen molar-refractivity contribution in [2.45, 2.75) is 19.9 Å². The van der Waals surface area contributed by atoms with Crippen LogP contribution in [0.15, 0.2) is 18.3 Å². The molecule has 0 bridgehead atoms. The Morgan fingerprint density at radius 3 is 2.44 bits per heavy atom. The molecule has 1 heterocycles. The molecule has 1 rings (SSSR count). The van der Waals surface area contributed by atoms with E-state index in [9.17, 15) is 0 Å². The zero-order valence-corrected chi connectivity index (χ0v) is 5.83. The van der Waals surface area contributed by atoms with Gasteiger partial charge in [0, 0.05) is 12.2 Å². The van der Waals surface area contributed by atoms with Crippen molar-refractivity contribution in [1.29, 1.82) is 0 Å². The maximum absolute atomic E-state index is 5.60. The van der Waals surface area contributed by atoms with Gasteiger partial charge < -0.3 is 10.3 Å². The Hall–Kier alpha value is -0.920. The Morgan fingerprint density at radius 2 is 2.22 bits per heavy atom. The topological polar surface area (TPSA) is 30.9 Å². The second-order valence-electron chi connectivity index (χ2n) is 2.43. The Morgan fingerprint density at radius 1 is 1.56 bits per heavy atom. The average Bonchev–Trinajstić information content (AvgIpc) is 2.13. The normalized spacial score (nSPS) is 10.6. The van der Waals surface area contributed by atoms with Crippen LogP contribution in [0.2, 0.25) is 0 Å². The molecule has 1 aromatic heterocycles. The first-order valence-corrected chi connectivity index (χ1v) is 3.14. The molecule has 0 saturated carbocycles. The fourth-order valence-electron chi connectivity index (χ4n) is 0.877. The molecule has 0 saturated heterocycles. The van der Waals surface area contributed by atoms with Crippen molar-refractivity contribution in [1.82, 2.24) is 4.57 Å². The summed E-state index contributed by atoms with van der Waals surface area (Å²) in [5, 5.41) is 0. The first-order chi connectivity index (χ1) is 4.22. The minimum atomic E-state index is 0.472. The summed E-state index contributed by atoms with van der Waals surface area (Å²) >= 11 is 0. The summed E-state index contributed by atoms with van der Waals surface area (Å²) < 4.78 is 2.03. The molecule has 0 aliphatic heterocycles. The van der Waals surface area contributed by atoms with Crippen LogP contribution < -0.4 is 5.73 Å². The number of anilines is 1. The lowest BCUT2D eigenvalue weighted by Crippen LogP contribution is -2.02. The molecular weight excluding hydrogens is 112 g/mol. The maximum Gasteiger partial charge on any atom is 0.103 e. The minimum absolute atomic E-state index is 0.472. The predicted octanol–water partition coefficient (Wildman–Crippen LogP) is 1.65. The van der Waals surface area contributed by atoms with Gasteiger partial charge in [0.05, 0.1) is 0 Å². The molecule has 0 radical (unpaired) electrons. The first kappa shape index (κ1) is 6.20. The molecule has 0 aromatic carbocycles. The highest BCUT2D eigenvalue weighted by Crippen LogP contribution is 2.10. The molecule has 0 aliphatic carbocycles. The largest absolute Gasteiger partial charge is 0.385 e. The second kappa shape index (κ2) is 2.13. The predicted molar refractivity (Wildman–Crippen MR) is 39.2 cm³/mol. The number of nitrogens with two attached hydrogens (primary N) is 1. The molecular formula is C7H12N2. The highest BCUT2D eigenvalue weighted by atomic mass is 15.0. The Balaban J connectivity index is 2.94. The van der Waals surface area contributed by atoms with Crippen LogP contribution in [0.5, 0.6) is 0 Å². The van der Waals surface area contributed by atoms with Crippen LogP contribution in [0.4, 0.5) is 5.82 Å². The molecule has 50 valence electrons. The Kier molecular flexibility index (Phi) is 1.47. The van der Waals surface area contributed by atoms with Crippen LogP contribution in [0.25, 0.3) is 0 Å². The van der Waals surface area contributed by atoms with Gasteiger partial charge in [-0.25, -0.2) is 0 Å². The maximum atomic E-state index is 5.60. The van der Waals surface area contributed by atoms with E-state index in [0.717, 1.165) is 5.82 Å². The van der Waals surface area contributed by atoms with Crippen LogP contribution in [0.3, 0.4) is 0 Å². The van der Waals surface area contributed by atoms with Gasteiger partial charge in [-0.2, -0.15) is 0 Å². The third kappa shape index (κ3) is 1.07.